The number of aliphatic hydroxyl groups is 2. The van der Waals surface area contributed by atoms with E-state index >= 15 is 0 Å². The Hall–Kier alpha value is -2.52. The van der Waals surface area contributed by atoms with Crippen LogP contribution in [-0.4, -0.2) is 47.9 Å². The predicted octanol–water partition coefficient (Wildman–Crippen LogP) is 2.94. The zero-order valence-electron chi connectivity index (χ0n) is 18.3. The van der Waals surface area contributed by atoms with E-state index in [1.54, 1.807) is 0 Å². The van der Waals surface area contributed by atoms with Gasteiger partial charge in [0.2, 0.25) is 12.6 Å². The summed E-state index contributed by atoms with van der Waals surface area (Å²) in [4.78, 5) is 23.0. The maximum Gasteiger partial charge on any atom is 0.335 e. The number of ether oxygens (including phenoxy) is 4. The normalized spacial score (nSPS) is 14.7. The first-order chi connectivity index (χ1) is 14.6. The number of esters is 2. The van der Waals surface area contributed by atoms with Gasteiger partial charge in [-0.05, 0) is 13.8 Å². The van der Waals surface area contributed by atoms with Crippen molar-refractivity contribution in [3.8, 4) is 0 Å². The van der Waals surface area contributed by atoms with Crippen molar-refractivity contribution in [1.29, 1.82) is 0 Å². The molecule has 2 unspecified atom stereocenters. The fraction of sp³-hybridized carbons (Fsp3) is 0.478. The quantitative estimate of drug-likeness (QED) is 0.260. The maximum absolute atomic E-state index is 11.5. The van der Waals surface area contributed by atoms with Crippen LogP contribution in [0, 0.1) is 0 Å². The van der Waals surface area contributed by atoms with Crippen LogP contribution < -0.4 is 0 Å². The Morgan fingerprint density at radius 3 is 1.68 bits per heavy atom. The third kappa shape index (κ3) is 9.02. The average Bonchev–Trinajstić information content (AvgIpc) is 2.73. The van der Waals surface area contributed by atoms with Gasteiger partial charge in [0.05, 0.1) is 13.2 Å². The van der Waals surface area contributed by atoms with Crippen molar-refractivity contribution in [3.05, 3.63) is 60.2 Å². The predicted molar refractivity (Wildman–Crippen MR) is 113 cm³/mol. The summed E-state index contributed by atoms with van der Waals surface area (Å²) < 4.78 is 21.6. The molecular weight excluding hydrogens is 404 g/mol. The van der Waals surface area contributed by atoms with Gasteiger partial charge in [-0.25, -0.2) is 9.59 Å². The van der Waals surface area contributed by atoms with E-state index < -0.39 is 30.3 Å². The lowest BCUT2D eigenvalue weighted by Crippen LogP contribution is -2.35. The van der Waals surface area contributed by atoms with Gasteiger partial charge in [-0.15, -0.1) is 0 Å². The Bertz CT molecular complexity index is 703. The van der Waals surface area contributed by atoms with Crippen LogP contribution in [0.3, 0.4) is 0 Å². The molecule has 1 rings (SSSR count). The molecule has 0 aliphatic carbocycles. The van der Waals surface area contributed by atoms with Gasteiger partial charge >= 0.3 is 11.9 Å². The van der Waals surface area contributed by atoms with Gasteiger partial charge in [-0.2, -0.15) is 0 Å². The van der Waals surface area contributed by atoms with Crippen molar-refractivity contribution < 1.29 is 38.7 Å². The molecule has 0 radical (unpaired) electrons. The molecule has 8 nitrogen and oxygen atoms in total. The van der Waals surface area contributed by atoms with E-state index in [1.807, 2.05) is 37.3 Å². The summed E-state index contributed by atoms with van der Waals surface area (Å²) in [5, 5.41) is 19.8. The second kappa shape index (κ2) is 13.0. The number of hydrogen-bond donors (Lipinski definition) is 2. The highest BCUT2D eigenvalue weighted by molar-refractivity contribution is 5.87. The van der Waals surface area contributed by atoms with E-state index in [9.17, 15) is 19.8 Å². The van der Waals surface area contributed by atoms with E-state index in [2.05, 4.69) is 13.2 Å². The molecule has 0 heterocycles. The van der Waals surface area contributed by atoms with Gasteiger partial charge in [0.25, 0.3) is 0 Å². The first-order valence-electron chi connectivity index (χ1n) is 10.0. The Labute approximate surface area is 183 Å². The number of carbonyl (C=O) groups excluding carboxylic acids is 2. The Morgan fingerprint density at radius 2 is 1.32 bits per heavy atom. The second-order valence-corrected chi connectivity index (χ2v) is 7.03. The summed E-state index contributed by atoms with van der Waals surface area (Å²) in [5.74, 6) is -2.55. The van der Waals surface area contributed by atoms with E-state index in [0.717, 1.165) is 5.56 Å². The second-order valence-electron chi connectivity index (χ2n) is 7.03. The zero-order chi connectivity index (χ0) is 23.4. The molecule has 0 bridgehead atoms. The van der Waals surface area contributed by atoms with Gasteiger partial charge < -0.3 is 29.2 Å². The van der Waals surface area contributed by atoms with Crippen LogP contribution >= 0.6 is 0 Å². The standard InChI is InChI=1S/C23H32O8/c1-6-23(18-10-8-7-9-11-18,28-14-12-19(24)30-21(26)16(2)3)29-15-13-20(25)31-22(27)17(4)5/h7-11,19-20,24-25H,2,4,6,12-15H2,1,3,5H3. The number of aliphatic hydroxyl groups excluding tert-OH is 2. The Morgan fingerprint density at radius 1 is 0.903 bits per heavy atom. The molecule has 0 saturated carbocycles. The van der Waals surface area contributed by atoms with Gasteiger partial charge in [0.15, 0.2) is 5.79 Å². The highest BCUT2D eigenvalue weighted by Crippen LogP contribution is 2.32. The van der Waals surface area contributed by atoms with Crippen molar-refractivity contribution in [1.82, 2.24) is 0 Å². The summed E-state index contributed by atoms with van der Waals surface area (Å²) in [6, 6.07) is 9.18. The van der Waals surface area contributed by atoms with Crippen LogP contribution in [0.15, 0.2) is 54.6 Å². The molecule has 1 aromatic carbocycles. The molecule has 0 aromatic heterocycles. The molecule has 0 aliphatic rings. The molecule has 2 atom stereocenters. The Balaban J connectivity index is 2.75. The monoisotopic (exact) mass is 436 g/mol. The topological polar surface area (TPSA) is 112 Å². The first kappa shape index (κ1) is 26.5. The van der Waals surface area contributed by atoms with Crippen molar-refractivity contribution in [2.24, 2.45) is 0 Å². The number of carbonyl (C=O) groups is 2. The van der Waals surface area contributed by atoms with Crippen LogP contribution in [0.1, 0.15) is 45.6 Å². The van der Waals surface area contributed by atoms with E-state index in [-0.39, 0.29) is 37.2 Å². The lowest BCUT2D eigenvalue weighted by Gasteiger charge is -2.34. The van der Waals surface area contributed by atoms with Gasteiger partial charge in [0.1, 0.15) is 0 Å². The minimum absolute atomic E-state index is 0.0236. The van der Waals surface area contributed by atoms with E-state index in [0.29, 0.717) is 6.42 Å². The minimum Gasteiger partial charge on any atom is -0.433 e. The number of benzene rings is 1. The largest absolute Gasteiger partial charge is 0.433 e. The summed E-state index contributed by atoms with van der Waals surface area (Å²) in [6.45, 7) is 11.8. The highest BCUT2D eigenvalue weighted by Gasteiger charge is 2.33. The third-order valence-corrected chi connectivity index (χ3v) is 4.26. The first-order valence-corrected chi connectivity index (χ1v) is 10.0. The smallest absolute Gasteiger partial charge is 0.335 e. The zero-order valence-corrected chi connectivity index (χ0v) is 18.3. The van der Waals surface area contributed by atoms with Gasteiger partial charge in [-0.1, -0.05) is 50.4 Å². The van der Waals surface area contributed by atoms with Gasteiger partial charge in [0, 0.05) is 36.0 Å². The minimum atomic E-state index is -1.35. The highest BCUT2D eigenvalue weighted by atomic mass is 16.7. The Kier molecular flexibility index (Phi) is 11.1. The third-order valence-electron chi connectivity index (χ3n) is 4.26. The van der Waals surface area contributed by atoms with E-state index in [4.69, 9.17) is 18.9 Å². The SMILES string of the molecule is C=C(C)C(=O)OC(O)CCOC(CC)(OCCC(O)OC(=O)C(=C)C)c1ccccc1. The van der Waals surface area contributed by atoms with Crippen LogP contribution in [-0.2, 0) is 34.3 Å². The summed E-state index contributed by atoms with van der Waals surface area (Å²) in [5.41, 5.74) is 1.10. The van der Waals surface area contributed by atoms with Crippen LogP contribution in [0.2, 0.25) is 0 Å². The summed E-state index contributed by atoms with van der Waals surface area (Å²) in [7, 11) is 0. The van der Waals surface area contributed by atoms with Crippen molar-refractivity contribution in [2.75, 3.05) is 13.2 Å². The van der Waals surface area contributed by atoms with Crippen molar-refractivity contribution >= 4 is 11.9 Å². The molecule has 0 spiro atoms. The molecule has 0 saturated heterocycles. The van der Waals surface area contributed by atoms with Gasteiger partial charge in [-0.3, -0.25) is 0 Å². The molecule has 0 fully saturated rings. The van der Waals surface area contributed by atoms with Crippen molar-refractivity contribution in [2.45, 2.75) is 58.4 Å². The summed E-state index contributed by atoms with van der Waals surface area (Å²) >= 11 is 0. The molecule has 2 N–H and O–H groups in total. The molecule has 0 aliphatic heterocycles. The van der Waals surface area contributed by atoms with Crippen LogP contribution in [0.25, 0.3) is 0 Å². The molecule has 1 aromatic rings. The molecule has 0 amide bonds. The van der Waals surface area contributed by atoms with E-state index in [1.165, 1.54) is 13.8 Å². The molecule has 31 heavy (non-hydrogen) atoms. The molecule has 172 valence electrons. The molecule has 8 heteroatoms. The fourth-order valence-corrected chi connectivity index (χ4v) is 2.52. The lowest BCUT2D eigenvalue weighted by molar-refractivity contribution is -0.259. The fourth-order valence-electron chi connectivity index (χ4n) is 2.52. The van der Waals surface area contributed by atoms with Crippen LogP contribution in [0.5, 0.6) is 0 Å². The van der Waals surface area contributed by atoms with Crippen LogP contribution in [0.4, 0.5) is 0 Å². The van der Waals surface area contributed by atoms with Crippen molar-refractivity contribution in [3.63, 3.8) is 0 Å². The molecular formula is C23H32O8. The average molecular weight is 437 g/mol. The maximum atomic E-state index is 11.5. The number of hydrogen-bond acceptors (Lipinski definition) is 8. The summed E-state index contributed by atoms with van der Waals surface area (Å²) in [6.07, 6.45) is -2.23. The number of rotatable bonds is 14. The lowest BCUT2D eigenvalue weighted by atomic mass is 10.0.